The summed E-state index contributed by atoms with van der Waals surface area (Å²) in [5, 5.41) is 8.64. The summed E-state index contributed by atoms with van der Waals surface area (Å²) in [6, 6.07) is 2.77. The standard InChI is InChI=1S/C21H25FN4O2S/c1-12(2)18-10-19(17(22)11-24-18)29(23,28)26-21(27)25-20-15-7-3-5-13(15)9-14-6-4-8-16(14)20/h9-12H,3-8H2,1-2H3,(H3,23,25,26,27,28)/t29-/m0/s1. The molecule has 1 heterocycles. The van der Waals surface area contributed by atoms with E-state index in [1.807, 2.05) is 13.8 Å². The van der Waals surface area contributed by atoms with E-state index in [9.17, 15) is 13.4 Å². The highest BCUT2D eigenvalue weighted by Crippen LogP contribution is 2.38. The molecule has 0 saturated carbocycles. The number of aromatic nitrogens is 1. The van der Waals surface area contributed by atoms with Crippen LogP contribution < -0.4 is 10.5 Å². The number of aryl methyl sites for hydroxylation is 2. The molecule has 2 amide bonds. The molecule has 1 atom stereocenters. The van der Waals surface area contributed by atoms with Gasteiger partial charge < -0.3 is 5.32 Å². The van der Waals surface area contributed by atoms with Crippen LogP contribution in [0.1, 0.15) is 60.6 Å². The van der Waals surface area contributed by atoms with Crippen LogP contribution in [0.15, 0.2) is 27.6 Å². The van der Waals surface area contributed by atoms with E-state index in [-0.39, 0.29) is 10.8 Å². The van der Waals surface area contributed by atoms with Crippen molar-refractivity contribution >= 4 is 21.6 Å². The molecule has 29 heavy (non-hydrogen) atoms. The number of halogens is 1. The van der Waals surface area contributed by atoms with Crippen molar-refractivity contribution in [3.63, 3.8) is 0 Å². The minimum atomic E-state index is -3.75. The number of fused-ring (bicyclic) bond motifs is 2. The second-order valence-corrected chi connectivity index (χ2v) is 9.78. The lowest BCUT2D eigenvalue weighted by atomic mass is 9.99. The number of benzene rings is 1. The zero-order valence-electron chi connectivity index (χ0n) is 16.6. The first-order valence-electron chi connectivity index (χ1n) is 9.94. The summed E-state index contributed by atoms with van der Waals surface area (Å²) in [4.78, 5) is 16.3. The highest BCUT2D eigenvalue weighted by atomic mass is 32.2. The third-order valence-electron chi connectivity index (χ3n) is 5.67. The number of carbonyl (C=O) groups excluding carboxylic acids is 1. The average Bonchev–Trinajstić information content (AvgIpc) is 3.30. The predicted octanol–water partition coefficient (Wildman–Crippen LogP) is 4.25. The topological polar surface area (TPSA) is 97.4 Å². The molecule has 2 aromatic rings. The molecule has 0 unspecified atom stereocenters. The van der Waals surface area contributed by atoms with E-state index in [2.05, 4.69) is 20.7 Å². The Morgan fingerprint density at radius 2 is 1.79 bits per heavy atom. The third kappa shape index (κ3) is 3.79. The molecule has 2 aliphatic rings. The van der Waals surface area contributed by atoms with Crippen LogP contribution in [0.25, 0.3) is 0 Å². The molecule has 4 rings (SSSR count). The predicted molar refractivity (Wildman–Crippen MR) is 111 cm³/mol. The van der Waals surface area contributed by atoms with Crippen molar-refractivity contribution in [2.24, 2.45) is 9.50 Å². The summed E-state index contributed by atoms with van der Waals surface area (Å²) in [6.07, 6.45) is 6.85. The molecule has 0 fully saturated rings. The first-order chi connectivity index (χ1) is 13.8. The van der Waals surface area contributed by atoms with Gasteiger partial charge in [0.2, 0.25) is 0 Å². The normalized spacial score (nSPS) is 17.0. The van der Waals surface area contributed by atoms with Crippen LogP contribution in [-0.4, -0.2) is 15.2 Å². The molecule has 0 spiro atoms. The van der Waals surface area contributed by atoms with Gasteiger partial charge in [0.05, 0.1) is 6.20 Å². The first kappa shape index (κ1) is 20.0. The van der Waals surface area contributed by atoms with E-state index in [4.69, 9.17) is 5.14 Å². The van der Waals surface area contributed by atoms with Crippen molar-refractivity contribution in [1.29, 1.82) is 0 Å². The third-order valence-corrected chi connectivity index (χ3v) is 7.05. The molecule has 8 heteroatoms. The van der Waals surface area contributed by atoms with Crippen molar-refractivity contribution in [1.82, 2.24) is 4.98 Å². The Morgan fingerprint density at radius 1 is 1.17 bits per heavy atom. The minimum absolute atomic E-state index is 0.00660. The number of hydrogen-bond acceptors (Lipinski definition) is 3. The first-order valence-corrected chi connectivity index (χ1v) is 11.5. The number of nitrogens with two attached hydrogens (primary N) is 1. The maximum atomic E-state index is 14.3. The van der Waals surface area contributed by atoms with E-state index < -0.39 is 21.8 Å². The van der Waals surface area contributed by atoms with Gasteiger partial charge in [-0.15, -0.1) is 4.36 Å². The summed E-state index contributed by atoms with van der Waals surface area (Å²) in [5.41, 5.74) is 6.11. The van der Waals surface area contributed by atoms with Gasteiger partial charge in [-0.05, 0) is 72.8 Å². The molecule has 0 bridgehead atoms. The van der Waals surface area contributed by atoms with E-state index >= 15 is 0 Å². The fraction of sp³-hybridized carbons (Fsp3) is 0.429. The summed E-state index contributed by atoms with van der Waals surface area (Å²) in [7, 11) is -3.75. The molecule has 2 aliphatic carbocycles. The van der Waals surface area contributed by atoms with Gasteiger partial charge in [-0.1, -0.05) is 19.9 Å². The SMILES string of the molecule is CC(C)c1cc([S@@](N)(=O)=NC(=O)Nc2c3c(cc4c2CCC4)CCC3)c(F)cn1. The Kier molecular flexibility index (Phi) is 5.16. The number of carbonyl (C=O) groups is 1. The Labute approximate surface area is 170 Å². The van der Waals surface area contributed by atoms with Crippen LogP contribution in [0.3, 0.4) is 0 Å². The van der Waals surface area contributed by atoms with Gasteiger partial charge in [-0.2, -0.15) is 0 Å². The molecular formula is C21H25FN4O2S. The maximum absolute atomic E-state index is 14.3. The molecule has 0 radical (unpaired) electrons. The highest BCUT2D eigenvalue weighted by Gasteiger charge is 2.25. The molecule has 0 saturated heterocycles. The van der Waals surface area contributed by atoms with Gasteiger partial charge in [0.25, 0.3) is 0 Å². The Bertz CT molecular complexity index is 1090. The number of urea groups is 1. The lowest BCUT2D eigenvalue weighted by Crippen LogP contribution is -2.20. The van der Waals surface area contributed by atoms with Crippen LogP contribution in [0.2, 0.25) is 0 Å². The van der Waals surface area contributed by atoms with Crippen molar-refractivity contribution in [3.05, 3.63) is 52.1 Å². The monoisotopic (exact) mass is 416 g/mol. The largest absolute Gasteiger partial charge is 0.354 e. The summed E-state index contributed by atoms with van der Waals surface area (Å²) in [6.45, 7) is 3.76. The highest BCUT2D eigenvalue weighted by molar-refractivity contribution is 7.91. The van der Waals surface area contributed by atoms with Crippen molar-refractivity contribution in [2.45, 2.75) is 63.2 Å². The van der Waals surface area contributed by atoms with Gasteiger partial charge in [0.15, 0.2) is 5.82 Å². The van der Waals surface area contributed by atoms with Crippen molar-refractivity contribution in [2.75, 3.05) is 5.32 Å². The van der Waals surface area contributed by atoms with Gasteiger partial charge in [0.1, 0.15) is 14.8 Å². The lowest BCUT2D eigenvalue weighted by Gasteiger charge is -2.15. The molecule has 1 aromatic heterocycles. The fourth-order valence-electron chi connectivity index (χ4n) is 4.24. The number of nitrogens with zero attached hydrogens (tertiary/aromatic N) is 2. The van der Waals surface area contributed by atoms with Gasteiger partial charge in [-0.25, -0.2) is 18.5 Å². The average molecular weight is 417 g/mol. The van der Waals surface area contributed by atoms with Crippen LogP contribution in [0.4, 0.5) is 14.9 Å². The molecule has 154 valence electrons. The Morgan fingerprint density at radius 3 is 2.38 bits per heavy atom. The Balaban J connectivity index is 1.70. The molecule has 0 aliphatic heterocycles. The van der Waals surface area contributed by atoms with Gasteiger partial charge in [-0.3, -0.25) is 4.98 Å². The summed E-state index contributed by atoms with van der Waals surface area (Å²) >= 11 is 0. The van der Waals surface area contributed by atoms with Crippen molar-refractivity contribution in [3.8, 4) is 0 Å². The van der Waals surface area contributed by atoms with E-state index in [0.717, 1.165) is 61.5 Å². The number of amides is 2. The Hall–Kier alpha value is -2.32. The van der Waals surface area contributed by atoms with Crippen LogP contribution in [0.5, 0.6) is 0 Å². The lowest BCUT2D eigenvalue weighted by molar-refractivity contribution is 0.260. The molecular weight excluding hydrogens is 391 g/mol. The number of hydrogen-bond donors (Lipinski definition) is 2. The van der Waals surface area contributed by atoms with Crippen LogP contribution in [0, 0.1) is 5.82 Å². The molecule has 6 nitrogen and oxygen atoms in total. The van der Waals surface area contributed by atoms with Crippen LogP contribution in [-0.2, 0) is 35.6 Å². The van der Waals surface area contributed by atoms with Gasteiger partial charge >= 0.3 is 6.03 Å². The van der Waals surface area contributed by atoms with Crippen LogP contribution >= 0.6 is 0 Å². The number of pyridine rings is 1. The van der Waals surface area contributed by atoms with Gasteiger partial charge in [0, 0.05) is 11.4 Å². The maximum Gasteiger partial charge on any atom is 0.354 e. The fourth-order valence-corrected chi connectivity index (χ4v) is 5.26. The smallest absolute Gasteiger partial charge is 0.305 e. The quantitative estimate of drug-likeness (QED) is 0.782. The second kappa shape index (κ2) is 7.50. The number of anilines is 1. The summed E-state index contributed by atoms with van der Waals surface area (Å²) in [5.74, 6) is -0.840. The zero-order chi connectivity index (χ0) is 20.8. The van der Waals surface area contributed by atoms with E-state index in [1.54, 1.807) is 0 Å². The van der Waals surface area contributed by atoms with E-state index in [0.29, 0.717) is 5.69 Å². The molecule has 1 aromatic carbocycles. The summed E-state index contributed by atoms with van der Waals surface area (Å²) < 4.78 is 30.9. The number of nitrogens with one attached hydrogen (secondary N) is 1. The zero-order valence-corrected chi connectivity index (χ0v) is 17.4. The van der Waals surface area contributed by atoms with Crippen molar-refractivity contribution < 1.29 is 13.4 Å². The van der Waals surface area contributed by atoms with E-state index in [1.165, 1.54) is 17.2 Å². The molecule has 3 N–H and O–H groups in total. The minimum Gasteiger partial charge on any atom is -0.305 e. The number of rotatable bonds is 3. The second-order valence-electron chi connectivity index (χ2n) is 8.02.